The molecule has 1 fully saturated rings. The minimum Gasteiger partial charge on any atom is -0.385 e. The Hall–Kier alpha value is -0.830. The van der Waals surface area contributed by atoms with Crippen molar-refractivity contribution in [2.24, 2.45) is 5.92 Å². The van der Waals surface area contributed by atoms with Crippen LogP contribution in [0.1, 0.15) is 18.9 Å². The van der Waals surface area contributed by atoms with Crippen LogP contribution < -0.4 is 0 Å². The zero-order chi connectivity index (χ0) is 7.19. The molecule has 3 heteroatoms. The predicted octanol–water partition coefficient (Wildman–Crippen LogP) is 0.637. The molecular formula is C7H10N2O. The molecule has 3 nitrogen and oxygen atoms in total. The maximum Gasteiger partial charge on any atom is 0.0957 e. The van der Waals surface area contributed by atoms with E-state index in [-0.39, 0.29) is 0 Å². The monoisotopic (exact) mass is 138 g/mol. The van der Waals surface area contributed by atoms with Crippen molar-refractivity contribution in [2.75, 3.05) is 0 Å². The summed E-state index contributed by atoms with van der Waals surface area (Å²) in [5.41, 5.74) is 0.354. The molecule has 1 saturated carbocycles. The Morgan fingerprint density at radius 1 is 1.90 bits per heavy atom. The molecule has 0 aromatic carbocycles. The SMILES string of the molecule is CC1CC1(O)c1cn[nH]c1. The van der Waals surface area contributed by atoms with Crippen LogP contribution in [0.4, 0.5) is 0 Å². The number of hydrogen-bond acceptors (Lipinski definition) is 2. The van der Waals surface area contributed by atoms with Crippen LogP contribution in [0.5, 0.6) is 0 Å². The molecule has 2 atom stereocenters. The lowest BCUT2D eigenvalue weighted by atomic mass is 10.1. The van der Waals surface area contributed by atoms with Gasteiger partial charge >= 0.3 is 0 Å². The van der Waals surface area contributed by atoms with Crippen molar-refractivity contribution in [3.8, 4) is 0 Å². The number of rotatable bonds is 1. The van der Waals surface area contributed by atoms with Gasteiger partial charge in [-0.3, -0.25) is 5.10 Å². The summed E-state index contributed by atoms with van der Waals surface area (Å²) in [6.07, 6.45) is 4.31. The van der Waals surface area contributed by atoms with Crippen molar-refractivity contribution < 1.29 is 5.11 Å². The van der Waals surface area contributed by atoms with Gasteiger partial charge in [-0.05, 0) is 12.3 Å². The largest absolute Gasteiger partial charge is 0.385 e. The van der Waals surface area contributed by atoms with Crippen molar-refractivity contribution in [1.82, 2.24) is 10.2 Å². The third-order valence-corrected chi connectivity index (χ3v) is 2.27. The molecule has 54 valence electrons. The summed E-state index contributed by atoms with van der Waals surface area (Å²) in [5.74, 6) is 0.394. The van der Waals surface area contributed by atoms with Crippen LogP contribution in [0.25, 0.3) is 0 Å². The maximum atomic E-state index is 9.70. The number of H-pyrrole nitrogens is 1. The van der Waals surface area contributed by atoms with Gasteiger partial charge in [-0.1, -0.05) is 6.92 Å². The molecule has 2 rings (SSSR count). The fraction of sp³-hybridized carbons (Fsp3) is 0.571. The normalized spacial score (nSPS) is 38.0. The Kier molecular flexibility index (Phi) is 0.951. The van der Waals surface area contributed by atoms with Gasteiger partial charge in [0.15, 0.2) is 0 Å². The molecule has 0 aliphatic heterocycles. The molecule has 0 spiro atoms. The van der Waals surface area contributed by atoms with E-state index < -0.39 is 5.60 Å². The topological polar surface area (TPSA) is 48.9 Å². The summed E-state index contributed by atoms with van der Waals surface area (Å²) in [5, 5.41) is 16.2. The molecule has 2 N–H and O–H groups in total. The first kappa shape index (κ1) is 5.92. The van der Waals surface area contributed by atoms with Crippen LogP contribution in [0.2, 0.25) is 0 Å². The highest BCUT2D eigenvalue weighted by Crippen LogP contribution is 2.50. The minimum absolute atomic E-state index is 0.394. The Morgan fingerprint density at radius 2 is 2.60 bits per heavy atom. The Labute approximate surface area is 59.1 Å². The van der Waals surface area contributed by atoms with Crippen molar-refractivity contribution in [3.63, 3.8) is 0 Å². The third kappa shape index (κ3) is 0.609. The molecule has 2 unspecified atom stereocenters. The van der Waals surface area contributed by atoms with E-state index in [9.17, 15) is 5.11 Å². The smallest absolute Gasteiger partial charge is 0.0957 e. The quantitative estimate of drug-likeness (QED) is 0.598. The van der Waals surface area contributed by atoms with Crippen LogP contribution in [0, 0.1) is 5.92 Å². The molecule has 1 aliphatic rings. The second kappa shape index (κ2) is 1.61. The van der Waals surface area contributed by atoms with Gasteiger partial charge in [0.1, 0.15) is 0 Å². The number of aliphatic hydroxyl groups is 1. The summed E-state index contributed by atoms with van der Waals surface area (Å²) in [7, 11) is 0. The van der Waals surface area contributed by atoms with E-state index in [1.807, 2.05) is 6.92 Å². The van der Waals surface area contributed by atoms with Crippen LogP contribution in [-0.2, 0) is 5.60 Å². The summed E-state index contributed by atoms with van der Waals surface area (Å²) >= 11 is 0. The van der Waals surface area contributed by atoms with E-state index in [1.54, 1.807) is 12.4 Å². The Bertz CT molecular complexity index is 232. The molecular weight excluding hydrogens is 128 g/mol. The van der Waals surface area contributed by atoms with Gasteiger partial charge in [-0.25, -0.2) is 0 Å². The predicted molar refractivity (Wildman–Crippen MR) is 36.3 cm³/mol. The van der Waals surface area contributed by atoms with Crippen molar-refractivity contribution >= 4 is 0 Å². The fourth-order valence-corrected chi connectivity index (χ4v) is 1.30. The van der Waals surface area contributed by atoms with E-state index >= 15 is 0 Å². The van der Waals surface area contributed by atoms with Gasteiger partial charge in [0.2, 0.25) is 0 Å². The highest BCUT2D eigenvalue weighted by molar-refractivity contribution is 5.23. The Balaban J connectivity index is 2.30. The van der Waals surface area contributed by atoms with Crippen LogP contribution >= 0.6 is 0 Å². The average Bonchev–Trinajstić information content (AvgIpc) is 2.35. The van der Waals surface area contributed by atoms with Gasteiger partial charge in [0.25, 0.3) is 0 Å². The van der Waals surface area contributed by atoms with Gasteiger partial charge in [-0.15, -0.1) is 0 Å². The first-order valence-electron chi connectivity index (χ1n) is 3.45. The Morgan fingerprint density at radius 3 is 3.00 bits per heavy atom. The van der Waals surface area contributed by atoms with E-state index in [4.69, 9.17) is 0 Å². The van der Waals surface area contributed by atoms with Gasteiger partial charge < -0.3 is 5.11 Å². The lowest BCUT2D eigenvalue weighted by Crippen LogP contribution is -2.05. The van der Waals surface area contributed by atoms with Crippen LogP contribution in [-0.4, -0.2) is 15.3 Å². The summed E-state index contributed by atoms with van der Waals surface area (Å²) < 4.78 is 0. The van der Waals surface area contributed by atoms with Crippen LogP contribution in [0.15, 0.2) is 12.4 Å². The zero-order valence-corrected chi connectivity index (χ0v) is 5.83. The fourth-order valence-electron chi connectivity index (χ4n) is 1.30. The van der Waals surface area contributed by atoms with E-state index in [0.717, 1.165) is 12.0 Å². The number of nitrogens with one attached hydrogen (secondary N) is 1. The first-order valence-corrected chi connectivity index (χ1v) is 3.45. The van der Waals surface area contributed by atoms with Crippen LogP contribution in [0.3, 0.4) is 0 Å². The highest BCUT2D eigenvalue weighted by atomic mass is 16.3. The highest BCUT2D eigenvalue weighted by Gasteiger charge is 2.51. The van der Waals surface area contributed by atoms with E-state index in [2.05, 4.69) is 10.2 Å². The molecule has 1 aliphatic carbocycles. The van der Waals surface area contributed by atoms with Crippen molar-refractivity contribution in [1.29, 1.82) is 0 Å². The number of aromatic nitrogens is 2. The molecule has 0 radical (unpaired) electrons. The summed E-state index contributed by atoms with van der Waals surface area (Å²) in [4.78, 5) is 0. The molecule has 0 saturated heterocycles. The molecule has 1 aromatic heterocycles. The lowest BCUT2D eigenvalue weighted by Gasteiger charge is -2.02. The first-order chi connectivity index (χ1) is 4.73. The number of hydrogen-bond donors (Lipinski definition) is 2. The van der Waals surface area contributed by atoms with Gasteiger partial charge in [-0.2, -0.15) is 5.10 Å². The average molecular weight is 138 g/mol. The molecule has 0 bridgehead atoms. The van der Waals surface area contributed by atoms with E-state index in [1.165, 1.54) is 0 Å². The zero-order valence-electron chi connectivity index (χ0n) is 5.83. The summed E-state index contributed by atoms with van der Waals surface area (Å²) in [6.45, 7) is 2.03. The second-order valence-corrected chi connectivity index (χ2v) is 3.02. The third-order valence-electron chi connectivity index (χ3n) is 2.27. The summed E-state index contributed by atoms with van der Waals surface area (Å²) in [6, 6.07) is 0. The lowest BCUT2D eigenvalue weighted by molar-refractivity contribution is 0.135. The van der Waals surface area contributed by atoms with Crippen molar-refractivity contribution in [3.05, 3.63) is 18.0 Å². The van der Waals surface area contributed by atoms with E-state index in [0.29, 0.717) is 5.92 Å². The number of nitrogens with zero attached hydrogens (tertiary/aromatic N) is 1. The second-order valence-electron chi connectivity index (χ2n) is 3.02. The maximum absolute atomic E-state index is 9.70. The molecule has 10 heavy (non-hydrogen) atoms. The van der Waals surface area contributed by atoms with Gasteiger partial charge in [0.05, 0.1) is 11.8 Å². The minimum atomic E-state index is -0.562. The number of aromatic amines is 1. The molecule has 0 amide bonds. The van der Waals surface area contributed by atoms with Gasteiger partial charge in [0, 0.05) is 11.8 Å². The molecule has 1 aromatic rings. The molecule has 1 heterocycles. The van der Waals surface area contributed by atoms with Crippen molar-refractivity contribution in [2.45, 2.75) is 18.9 Å². The standard InChI is InChI=1S/C7H10N2O/c1-5-2-7(5,10)6-3-8-9-4-6/h3-5,10H,2H2,1H3,(H,8,9).